The van der Waals surface area contributed by atoms with Crippen LogP contribution in [0.4, 0.5) is 18.0 Å². The molecule has 1 aliphatic heterocycles. The van der Waals surface area contributed by atoms with Gasteiger partial charge in [0.2, 0.25) is 0 Å². The summed E-state index contributed by atoms with van der Waals surface area (Å²) >= 11 is 0. The molecule has 8 heteroatoms. The minimum absolute atomic E-state index is 0.0313. The molecule has 3 heterocycles. The highest BCUT2D eigenvalue weighted by Crippen LogP contribution is 2.31. The molecule has 2 aromatic rings. The number of rotatable bonds is 0. The number of fused-ring (bicyclic) bond motifs is 1. The molecule has 1 amide bonds. The summed E-state index contributed by atoms with van der Waals surface area (Å²) in [4.78, 5) is 17.6. The maximum atomic E-state index is 12.9. The molecule has 0 aromatic carbocycles. The van der Waals surface area contributed by atoms with Crippen LogP contribution in [0.1, 0.15) is 11.3 Å². The molecule has 1 fully saturated rings. The predicted octanol–water partition coefficient (Wildman–Crippen LogP) is 2.66. The van der Waals surface area contributed by atoms with Crippen LogP contribution >= 0.6 is 0 Å². The zero-order chi connectivity index (χ0) is 15.9. The van der Waals surface area contributed by atoms with Crippen molar-refractivity contribution in [3.05, 3.63) is 29.6 Å². The van der Waals surface area contributed by atoms with Gasteiger partial charge in [0.25, 0.3) is 0 Å². The second-order valence-electron chi connectivity index (χ2n) is 5.13. The lowest BCUT2D eigenvalue weighted by Crippen LogP contribution is -2.42. The molecule has 1 saturated heterocycles. The highest BCUT2D eigenvalue weighted by molar-refractivity contribution is 5.91. The van der Waals surface area contributed by atoms with Crippen molar-refractivity contribution >= 4 is 17.1 Å². The molecule has 22 heavy (non-hydrogen) atoms. The van der Waals surface area contributed by atoms with Crippen LogP contribution in [0.25, 0.3) is 11.0 Å². The summed E-state index contributed by atoms with van der Waals surface area (Å²) in [7, 11) is 0. The van der Waals surface area contributed by atoms with E-state index in [1.165, 1.54) is 10.8 Å². The van der Waals surface area contributed by atoms with Gasteiger partial charge in [-0.15, -0.1) is 0 Å². The molecule has 5 nitrogen and oxygen atoms in total. The number of aryl methyl sites for hydroxylation is 1. The Hall–Kier alpha value is -2.09. The Kier molecular flexibility index (Phi) is 3.56. The van der Waals surface area contributed by atoms with Gasteiger partial charge in [-0.2, -0.15) is 13.2 Å². The van der Waals surface area contributed by atoms with Gasteiger partial charge in [0.05, 0.1) is 13.2 Å². The van der Waals surface area contributed by atoms with Gasteiger partial charge in [-0.1, -0.05) is 0 Å². The average molecular weight is 313 g/mol. The number of ether oxygens (including phenoxy) is 1. The zero-order valence-electron chi connectivity index (χ0n) is 11.9. The summed E-state index contributed by atoms with van der Waals surface area (Å²) in [5.41, 5.74) is -0.526. The van der Waals surface area contributed by atoms with Gasteiger partial charge in [-0.3, -0.25) is 4.57 Å². The summed E-state index contributed by atoms with van der Waals surface area (Å²) in [6.07, 6.45) is -3.08. The summed E-state index contributed by atoms with van der Waals surface area (Å²) in [5, 5.41) is 0.537. The Labute approximate surface area is 124 Å². The smallest absolute Gasteiger partial charge is 0.378 e. The molecule has 118 valence electrons. The molecule has 0 saturated carbocycles. The highest BCUT2D eigenvalue weighted by Gasteiger charge is 2.34. The van der Waals surface area contributed by atoms with Gasteiger partial charge >= 0.3 is 12.2 Å². The number of pyridine rings is 1. The Morgan fingerprint density at radius 1 is 1.32 bits per heavy atom. The number of aromatic nitrogens is 2. The van der Waals surface area contributed by atoms with E-state index in [2.05, 4.69) is 4.98 Å². The Morgan fingerprint density at radius 2 is 2.00 bits per heavy atom. The van der Waals surface area contributed by atoms with Gasteiger partial charge in [0.15, 0.2) is 0 Å². The molecular weight excluding hydrogens is 299 g/mol. The number of nitrogens with zero attached hydrogens (tertiary/aromatic N) is 3. The van der Waals surface area contributed by atoms with Gasteiger partial charge in [0, 0.05) is 24.7 Å². The average Bonchev–Trinajstić information content (AvgIpc) is 2.91. The van der Waals surface area contributed by atoms with E-state index in [1.807, 2.05) is 0 Å². The predicted molar refractivity (Wildman–Crippen MR) is 72.7 cm³/mol. The second kappa shape index (κ2) is 5.28. The summed E-state index contributed by atoms with van der Waals surface area (Å²) in [5.74, 6) is 0. The number of hydrogen-bond acceptors (Lipinski definition) is 3. The SMILES string of the molecule is Cc1cc(C(F)(F)F)nc2c1ccn2C(=O)N1CCOCC1. The molecule has 2 aromatic heterocycles. The van der Waals surface area contributed by atoms with E-state index in [0.717, 1.165) is 6.07 Å². The van der Waals surface area contributed by atoms with Crippen molar-refractivity contribution in [2.24, 2.45) is 0 Å². The molecule has 0 atom stereocenters. The van der Waals surface area contributed by atoms with E-state index < -0.39 is 11.9 Å². The van der Waals surface area contributed by atoms with Crippen LogP contribution < -0.4 is 0 Å². The van der Waals surface area contributed by atoms with Crippen molar-refractivity contribution in [1.82, 2.24) is 14.5 Å². The topological polar surface area (TPSA) is 47.4 Å². The van der Waals surface area contributed by atoms with Crippen LogP contribution in [0, 0.1) is 6.92 Å². The van der Waals surface area contributed by atoms with Crippen molar-refractivity contribution in [2.75, 3.05) is 26.3 Å². The second-order valence-corrected chi connectivity index (χ2v) is 5.13. The molecular formula is C14H14F3N3O2. The molecule has 0 bridgehead atoms. The number of amides is 1. The molecule has 0 N–H and O–H groups in total. The van der Waals surface area contributed by atoms with Gasteiger partial charge < -0.3 is 9.64 Å². The first-order valence-electron chi connectivity index (χ1n) is 6.81. The van der Waals surface area contributed by atoms with Gasteiger partial charge in [-0.05, 0) is 24.6 Å². The Morgan fingerprint density at radius 3 is 2.64 bits per heavy atom. The summed E-state index contributed by atoms with van der Waals surface area (Å²) < 4.78 is 45.1. The maximum absolute atomic E-state index is 12.9. The van der Waals surface area contributed by atoms with Crippen LogP contribution in [0.5, 0.6) is 0 Å². The minimum atomic E-state index is -4.55. The van der Waals surface area contributed by atoms with Crippen LogP contribution in [0.3, 0.4) is 0 Å². The van der Waals surface area contributed by atoms with Crippen molar-refractivity contribution in [2.45, 2.75) is 13.1 Å². The number of hydrogen-bond donors (Lipinski definition) is 0. The van der Waals surface area contributed by atoms with Crippen molar-refractivity contribution in [3.8, 4) is 0 Å². The third-order valence-corrected chi connectivity index (χ3v) is 3.64. The zero-order valence-corrected chi connectivity index (χ0v) is 11.9. The lowest BCUT2D eigenvalue weighted by Gasteiger charge is -2.27. The third kappa shape index (κ3) is 2.54. The lowest BCUT2D eigenvalue weighted by molar-refractivity contribution is -0.141. The van der Waals surface area contributed by atoms with E-state index in [-0.39, 0.29) is 11.7 Å². The molecule has 0 spiro atoms. The fraction of sp³-hybridized carbons (Fsp3) is 0.429. The fourth-order valence-electron chi connectivity index (χ4n) is 2.48. The van der Waals surface area contributed by atoms with Crippen LogP contribution in [0.2, 0.25) is 0 Å². The number of carbonyl (C=O) groups is 1. The summed E-state index contributed by atoms with van der Waals surface area (Å²) in [6.45, 7) is 3.24. The van der Waals surface area contributed by atoms with E-state index in [0.29, 0.717) is 37.3 Å². The number of morpholine rings is 1. The van der Waals surface area contributed by atoms with E-state index in [1.54, 1.807) is 17.9 Å². The number of alkyl halides is 3. The van der Waals surface area contributed by atoms with Crippen molar-refractivity contribution < 1.29 is 22.7 Å². The van der Waals surface area contributed by atoms with Gasteiger partial charge in [0.1, 0.15) is 11.3 Å². The van der Waals surface area contributed by atoms with E-state index >= 15 is 0 Å². The first kappa shape index (κ1) is 14.8. The molecule has 0 unspecified atom stereocenters. The molecule has 0 radical (unpaired) electrons. The largest absolute Gasteiger partial charge is 0.433 e. The molecule has 1 aliphatic rings. The van der Waals surface area contributed by atoms with Crippen molar-refractivity contribution in [3.63, 3.8) is 0 Å². The van der Waals surface area contributed by atoms with Crippen LogP contribution in [0.15, 0.2) is 18.3 Å². The molecule has 0 aliphatic carbocycles. The van der Waals surface area contributed by atoms with E-state index in [4.69, 9.17) is 4.74 Å². The lowest BCUT2D eigenvalue weighted by atomic mass is 10.2. The quantitative estimate of drug-likeness (QED) is 0.751. The normalized spacial score (nSPS) is 16.3. The first-order chi connectivity index (χ1) is 10.4. The first-order valence-corrected chi connectivity index (χ1v) is 6.81. The van der Waals surface area contributed by atoms with E-state index in [9.17, 15) is 18.0 Å². The molecule has 3 rings (SSSR count). The maximum Gasteiger partial charge on any atom is 0.433 e. The standard InChI is InChI=1S/C14H14F3N3O2/c1-9-8-11(14(15,16)17)18-12-10(9)2-3-20(12)13(21)19-4-6-22-7-5-19/h2-3,8H,4-7H2,1H3. The van der Waals surface area contributed by atoms with Gasteiger partial charge in [-0.25, -0.2) is 9.78 Å². The van der Waals surface area contributed by atoms with Crippen molar-refractivity contribution in [1.29, 1.82) is 0 Å². The fourth-order valence-corrected chi connectivity index (χ4v) is 2.48. The monoisotopic (exact) mass is 313 g/mol. The van der Waals surface area contributed by atoms with Crippen LogP contribution in [-0.4, -0.2) is 46.8 Å². The third-order valence-electron chi connectivity index (χ3n) is 3.64. The minimum Gasteiger partial charge on any atom is -0.378 e. The Bertz CT molecular complexity index is 718. The highest BCUT2D eigenvalue weighted by atomic mass is 19.4. The Balaban J connectivity index is 2.06. The number of carbonyl (C=O) groups excluding carboxylic acids is 1. The number of halogens is 3. The summed E-state index contributed by atoms with van der Waals surface area (Å²) in [6, 6.07) is 2.21. The van der Waals surface area contributed by atoms with Crippen LogP contribution in [-0.2, 0) is 10.9 Å².